The van der Waals surface area contributed by atoms with Gasteiger partial charge in [-0.1, -0.05) is 23.7 Å². The number of nitrogens with two attached hydrogens (primary N) is 1. The predicted octanol–water partition coefficient (Wildman–Crippen LogP) is 2.88. The predicted molar refractivity (Wildman–Crippen MR) is 87.7 cm³/mol. The minimum atomic E-state index is -3.72. The zero-order chi connectivity index (χ0) is 16.5. The Bertz CT molecular complexity index is 785. The third-order valence-electron chi connectivity index (χ3n) is 3.38. The summed E-state index contributed by atoms with van der Waals surface area (Å²) in [6.07, 6.45) is 0. The van der Waals surface area contributed by atoms with Gasteiger partial charge in [-0.2, -0.15) is 0 Å². The van der Waals surface area contributed by atoms with Gasteiger partial charge in [0.15, 0.2) is 0 Å². The van der Waals surface area contributed by atoms with E-state index in [4.69, 9.17) is 16.7 Å². The first-order valence-corrected chi connectivity index (χ1v) is 9.09. The van der Waals surface area contributed by atoms with Crippen LogP contribution in [0.15, 0.2) is 41.3 Å². The van der Waals surface area contributed by atoms with E-state index >= 15 is 0 Å². The Morgan fingerprint density at radius 2 is 1.82 bits per heavy atom. The molecule has 1 amide bonds. The fourth-order valence-electron chi connectivity index (χ4n) is 1.94. The SMILES string of the molecule is CC(c1ccc(S(N)(=O)=O)cc1)N(C)C(=O)c1ccc(Cl)s1. The van der Waals surface area contributed by atoms with Crippen LogP contribution in [0.4, 0.5) is 0 Å². The molecular weight excluding hydrogens is 344 g/mol. The molecule has 0 saturated carbocycles. The second-order valence-corrected chi connectivity index (χ2v) is 8.09. The number of carbonyl (C=O) groups excluding carboxylic acids is 1. The Balaban J connectivity index is 2.20. The second-order valence-electron chi connectivity index (χ2n) is 4.81. The number of rotatable bonds is 4. The minimum Gasteiger partial charge on any atom is -0.334 e. The first-order chi connectivity index (χ1) is 10.2. The molecule has 8 heteroatoms. The number of carbonyl (C=O) groups is 1. The van der Waals surface area contributed by atoms with Gasteiger partial charge in [0.2, 0.25) is 10.0 Å². The lowest BCUT2D eigenvalue weighted by atomic mass is 10.1. The van der Waals surface area contributed by atoms with Crippen LogP contribution in [0.3, 0.4) is 0 Å². The van der Waals surface area contributed by atoms with Crippen LogP contribution in [0.1, 0.15) is 28.2 Å². The first-order valence-electron chi connectivity index (χ1n) is 6.35. The number of amides is 1. The number of primary sulfonamides is 1. The summed E-state index contributed by atoms with van der Waals surface area (Å²) in [5, 5.41) is 5.07. The monoisotopic (exact) mass is 358 g/mol. The Morgan fingerprint density at radius 1 is 1.23 bits per heavy atom. The molecule has 0 spiro atoms. The van der Waals surface area contributed by atoms with Crippen LogP contribution < -0.4 is 5.14 Å². The van der Waals surface area contributed by atoms with Crippen molar-refractivity contribution in [2.75, 3.05) is 7.05 Å². The summed E-state index contributed by atoms with van der Waals surface area (Å²) in [5.41, 5.74) is 0.811. The number of hydrogen-bond donors (Lipinski definition) is 1. The molecular formula is C14H15ClN2O3S2. The number of thiophene rings is 1. The van der Waals surface area contributed by atoms with E-state index in [1.165, 1.54) is 23.5 Å². The molecule has 1 atom stereocenters. The van der Waals surface area contributed by atoms with Gasteiger partial charge in [-0.15, -0.1) is 11.3 Å². The number of hydrogen-bond acceptors (Lipinski definition) is 4. The Hall–Kier alpha value is -1.41. The molecule has 118 valence electrons. The summed E-state index contributed by atoms with van der Waals surface area (Å²) >= 11 is 7.07. The molecule has 1 aromatic heterocycles. The normalized spacial score (nSPS) is 12.9. The van der Waals surface area contributed by atoms with Crippen LogP contribution in [-0.2, 0) is 10.0 Å². The summed E-state index contributed by atoms with van der Waals surface area (Å²) in [7, 11) is -2.03. The van der Waals surface area contributed by atoms with Crippen LogP contribution in [-0.4, -0.2) is 26.3 Å². The smallest absolute Gasteiger partial charge is 0.264 e. The molecule has 1 unspecified atom stereocenters. The van der Waals surface area contributed by atoms with E-state index in [0.717, 1.165) is 5.56 Å². The van der Waals surface area contributed by atoms with Crippen molar-refractivity contribution in [2.45, 2.75) is 17.9 Å². The highest BCUT2D eigenvalue weighted by molar-refractivity contribution is 7.89. The van der Waals surface area contributed by atoms with Crippen molar-refractivity contribution in [1.82, 2.24) is 4.90 Å². The Labute approximate surface area is 138 Å². The summed E-state index contributed by atoms with van der Waals surface area (Å²) in [4.78, 5) is 14.5. The average molecular weight is 359 g/mol. The van der Waals surface area contributed by atoms with Gasteiger partial charge in [0.05, 0.1) is 20.2 Å². The maximum absolute atomic E-state index is 12.4. The van der Waals surface area contributed by atoms with Gasteiger partial charge in [0.1, 0.15) is 0 Å². The summed E-state index contributed by atoms with van der Waals surface area (Å²) in [5.74, 6) is -0.139. The van der Waals surface area contributed by atoms with Crippen molar-refractivity contribution in [2.24, 2.45) is 5.14 Å². The molecule has 2 N–H and O–H groups in total. The number of sulfonamides is 1. The highest BCUT2D eigenvalue weighted by atomic mass is 35.5. The van der Waals surface area contributed by atoms with E-state index in [1.807, 2.05) is 6.92 Å². The maximum Gasteiger partial charge on any atom is 0.264 e. The lowest BCUT2D eigenvalue weighted by Gasteiger charge is -2.25. The van der Waals surface area contributed by atoms with Gasteiger partial charge >= 0.3 is 0 Å². The highest BCUT2D eigenvalue weighted by Gasteiger charge is 2.20. The third kappa shape index (κ3) is 3.67. The zero-order valence-electron chi connectivity index (χ0n) is 12.0. The van der Waals surface area contributed by atoms with Crippen molar-refractivity contribution in [1.29, 1.82) is 0 Å². The van der Waals surface area contributed by atoms with Crippen LogP contribution in [0, 0.1) is 0 Å². The Morgan fingerprint density at radius 3 is 2.27 bits per heavy atom. The van der Waals surface area contributed by atoms with Crippen LogP contribution in [0.5, 0.6) is 0 Å². The second kappa shape index (κ2) is 6.37. The van der Waals surface area contributed by atoms with Crippen molar-refractivity contribution >= 4 is 38.9 Å². The number of nitrogens with zero attached hydrogens (tertiary/aromatic N) is 1. The quantitative estimate of drug-likeness (QED) is 0.912. The fourth-order valence-corrected chi connectivity index (χ4v) is 3.48. The van der Waals surface area contributed by atoms with Crippen LogP contribution in [0.2, 0.25) is 4.34 Å². The number of benzene rings is 1. The molecule has 0 saturated heterocycles. The maximum atomic E-state index is 12.4. The van der Waals surface area contributed by atoms with Gasteiger partial charge in [0.25, 0.3) is 5.91 Å². The van der Waals surface area contributed by atoms with Crippen molar-refractivity contribution < 1.29 is 13.2 Å². The minimum absolute atomic E-state index is 0.0440. The number of halogens is 1. The molecule has 2 rings (SSSR count). The topological polar surface area (TPSA) is 80.5 Å². The molecule has 0 bridgehead atoms. The lowest BCUT2D eigenvalue weighted by molar-refractivity contribution is 0.0747. The Kier molecular flexibility index (Phi) is 4.91. The molecule has 0 aliphatic rings. The lowest BCUT2D eigenvalue weighted by Crippen LogP contribution is -2.29. The average Bonchev–Trinajstić information content (AvgIpc) is 2.90. The summed E-state index contributed by atoms with van der Waals surface area (Å²) < 4.78 is 23.0. The van der Waals surface area contributed by atoms with Gasteiger partial charge in [-0.25, -0.2) is 13.6 Å². The molecule has 22 heavy (non-hydrogen) atoms. The third-order valence-corrected chi connectivity index (χ3v) is 5.52. The van der Waals surface area contributed by atoms with Gasteiger partial charge in [0, 0.05) is 7.05 Å². The van der Waals surface area contributed by atoms with Crippen molar-refractivity contribution in [3.63, 3.8) is 0 Å². The molecule has 1 heterocycles. The molecule has 0 aliphatic carbocycles. The van der Waals surface area contributed by atoms with Crippen molar-refractivity contribution in [3.8, 4) is 0 Å². The summed E-state index contributed by atoms with van der Waals surface area (Å²) in [6, 6.07) is 9.30. The van der Waals surface area contributed by atoms with E-state index in [0.29, 0.717) is 9.21 Å². The van der Waals surface area contributed by atoms with E-state index in [-0.39, 0.29) is 16.8 Å². The van der Waals surface area contributed by atoms with E-state index in [1.54, 1.807) is 36.2 Å². The molecule has 2 aromatic rings. The molecule has 0 fully saturated rings. The van der Waals surface area contributed by atoms with Gasteiger partial charge in [-0.3, -0.25) is 4.79 Å². The van der Waals surface area contributed by atoms with E-state index < -0.39 is 10.0 Å². The molecule has 0 radical (unpaired) electrons. The fraction of sp³-hybridized carbons (Fsp3) is 0.214. The molecule has 0 aliphatic heterocycles. The van der Waals surface area contributed by atoms with Crippen molar-refractivity contribution in [3.05, 3.63) is 51.2 Å². The van der Waals surface area contributed by atoms with Gasteiger partial charge in [-0.05, 0) is 36.8 Å². The van der Waals surface area contributed by atoms with Crippen LogP contribution >= 0.6 is 22.9 Å². The largest absolute Gasteiger partial charge is 0.334 e. The molecule has 5 nitrogen and oxygen atoms in total. The van der Waals surface area contributed by atoms with E-state index in [9.17, 15) is 13.2 Å². The van der Waals surface area contributed by atoms with Gasteiger partial charge < -0.3 is 4.90 Å². The summed E-state index contributed by atoms with van der Waals surface area (Å²) in [6.45, 7) is 1.86. The zero-order valence-corrected chi connectivity index (χ0v) is 14.4. The standard InChI is InChI=1S/C14H15ClN2O3S2/c1-9(10-3-5-11(6-4-10)22(16,19)20)17(2)14(18)12-7-8-13(15)21-12/h3-9H,1-2H3,(H2,16,19,20). The molecule has 1 aromatic carbocycles. The highest BCUT2D eigenvalue weighted by Crippen LogP contribution is 2.26. The van der Waals surface area contributed by atoms with E-state index in [2.05, 4.69) is 0 Å². The van der Waals surface area contributed by atoms with Crippen LogP contribution in [0.25, 0.3) is 0 Å². The first kappa shape index (κ1) is 17.0.